The molecule has 1 aliphatic heterocycles. The van der Waals surface area contributed by atoms with Crippen molar-refractivity contribution in [3.63, 3.8) is 0 Å². The van der Waals surface area contributed by atoms with Gasteiger partial charge in [0, 0.05) is 19.6 Å². The minimum Gasteiger partial charge on any atom is -0.407 e. The molecule has 1 heterocycles. The first-order valence-corrected chi connectivity index (χ1v) is 14.2. The maximum Gasteiger partial charge on any atom is 0.261 e. The van der Waals surface area contributed by atoms with Gasteiger partial charge in [-0.1, -0.05) is 81.4 Å². The predicted octanol–water partition coefficient (Wildman–Crippen LogP) is 5.82. The van der Waals surface area contributed by atoms with E-state index in [0.717, 1.165) is 25.9 Å². The molecule has 1 atom stereocenters. The standard InChI is InChI=1S/C26H35IO3Si/c1-26(2,3)31(23-12-6-4-7-13-23,24-14-8-5-9-15-24)30-21-18-22(27)17-20-29-25-16-10-11-19-28-25/h4-9,12-15,17,25H,10-11,16,18-21H2,1-3H3. The quantitative estimate of drug-likeness (QED) is 0.291. The summed E-state index contributed by atoms with van der Waals surface area (Å²) in [5.41, 5.74) is 0. The summed E-state index contributed by atoms with van der Waals surface area (Å²) < 4.78 is 19.7. The maximum absolute atomic E-state index is 6.96. The van der Waals surface area contributed by atoms with Crippen LogP contribution < -0.4 is 10.4 Å². The molecule has 2 aromatic carbocycles. The number of halogens is 1. The molecular formula is C26H35IO3Si. The first kappa shape index (κ1) is 24.6. The number of rotatable bonds is 9. The Morgan fingerprint density at radius 3 is 2.16 bits per heavy atom. The van der Waals surface area contributed by atoms with Crippen molar-refractivity contribution in [3.05, 3.63) is 70.3 Å². The minimum atomic E-state index is -2.46. The van der Waals surface area contributed by atoms with Crippen molar-refractivity contribution in [2.45, 2.75) is 57.8 Å². The van der Waals surface area contributed by atoms with Gasteiger partial charge in [-0.2, -0.15) is 0 Å². The van der Waals surface area contributed by atoms with Crippen LogP contribution in [0.4, 0.5) is 0 Å². The fourth-order valence-corrected chi connectivity index (χ4v) is 9.22. The molecule has 168 valence electrons. The van der Waals surface area contributed by atoms with Crippen LogP contribution in [-0.2, 0) is 13.9 Å². The molecule has 0 aromatic heterocycles. The third-order valence-corrected chi connectivity index (χ3v) is 11.8. The molecule has 3 nitrogen and oxygen atoms in total. The molecule has 2 aromatic rings. The summed E-state index contributed by atoms with van der Waals surface area (Å²) in [6.45, 7) is 9.07. The van der Waals surface area contributed by atoms with Crippen LogP contribution in [0.2, 0.25) is 5.04 Å². The van der Waals surface area contributed by atoms with Crippen LogP contribution in [0.15, 0.2) is 70.3 Å². The van der Waals surface area contributed by atoms with Crippen molar-refractivity contribution in [3.8, 4) is 0 Å². The van der Waals surface area contributed by atoms with Gasteiger partial charge in [0.15, 0.2) is 6.29 Å². The Hall–Kier alpha value is -0.993. The van der Waals surface area contributed by atoms with Gasteiger partial charge < -0.3 is 13.9 Å². The highest BCUT2D eigenvalue weighted by Gasteiger charge is 2.49. The van der Waals surface area contributed by atoms with Crippen LogP contribution in [0, 0.1) is 0 Å². The average molecular weight is 551 g/mol. The number of ether oxygens (including phenoxy) is 2. The van der Waals surface area contributed by atoms with E-state index in [9.17, 15) is 0 Å². The lowest BCUT2D eigenvalue weighted by atomic mass is 10.2. The molecule has 1 unspecified atom stereocenters. The van der Waals surface area contributed by atoms with Gasteiger partial charge in [0.05, 0.1) is 6.61 Å². The topological polar surface area (TPSA) is 27.7 Å². The van der Waals surface area contributed by atoms with Crippen LogP contribution >= 0.6 is 22.6 Å². The number of hydrogen-bond acceptors (Lipinski definition) is 3. The fourth-order valence-electron chi connectivity index (χ4n) is 4.25. The van der Waals surface area contributed by atoms with Gasteiger partial charge >= 0.3 is 0 Å². The van der Waals surface area contributed by atoms with Crippen molar-refractivity contribution in [1.82, 2.24) is 0 Å². The van der Waals surface area contributed by atoms with Gasteiger partial charge in [0.1, 0.15) is 0 Å². The van der Waals surface area contributed by atoms with Crippen molar-refractivity contribution in [2.75, 3.05) is 19.8 Å². The van der Waals surface area contributed by atoms with Crippen molar-refractivity contribution in [2.24, 2.45) is 0 Å². The molecule has 3 rings (SSSR count). The summed E-state index contributed by atoms with van der Waals surface area (Å²) in [5.74, 6) is 0. The molecule has 0 bridgehead atoms. The third kappa shape index (κ3) is 6.51. The largest absolute Gasteiger partial charge is 0.407 e. The van der Waals surface area contributed by atoms with Crippen LogP contribution in [0.5, 0.6) is 0 Å². The summed E-state index contributed by atoms with van der Waals surface area (Å²) in [4.78, 5) is 0. The Kier molecular flexibility index (Phi) is 9.34. The molecule has 1 fully saturated rings. The number of hydrogen-bond donors (Lipinski definition) is 0. The van der Waals surface area contributed by atoms with Crippen molar-refractivity contribution >= 4 is 41.3 Å². The summed E-state index contributed by atoms with van der Waals surface area (Å²) in [6, 6.07) is 21.6. The molecule has 5 heteroatoms. The highest BCUT2D eigenvalue weighted by atomic mass is 127. The van der Waals surface area contributed by atoms with E-state index >= 15 is 0 Å². The summed E-state index contributed by atoms with van der Waals surface area (Å²) in [7, 11) is -2.46. The molecule has 1 saturated heterocycles. The average Bonchev–Trinajstić information content (AvgIpc) is 2.78. The molecule has 1 aliphatic rings. The molecule has 31 heavy (non-hydrogen) atoms. The second kappa shape index (κ2) is 11.7. The highest BCUT2D eigenvalue weighted by Crippen LogP contribution is 2.37. The summed E-state index contributed by atoms with van der Waals surface area (Å²) in [6.07, 6.45) is 6.35. The van der Waals surface area contributed by atoms with Crippen LogP contribution in [0.3, 0.4) is 0 Å². The molecular weight excluding hydrogens is 515 g/mol. The maximum atomic E-state index is 6.96. The minimum absolute atomic E-state index is 0.00624. The second-order valence-corrected chi connectivity index (χ2v) is 14.7. The Morgan fingerprint density at radius 2 is 1.65 bits per heavy atom. The second-order valence-electron chi connectivity index (χ2n) is 9.04. The van der Waals surface area contributed by atoms with E-state index in [2.05, 4.69) is 110 Å². The van der Waals surface area contributed by atoms with Crippen LogP contribution in [0.25, 0.3) is 0 Å². The molecule has 0 saturated carbocycles. The van der Waals surface area contributed by atoms with Gasteiger partial charge in [0.25, 0.3) is 8.32 Å². The molecule has 0 N–H and O–H groups in total. The van der Waals surface area contributed by atoms with E-state index < -0.39 is 8.32 Å². The van der Waals surface area contributed by atoms with Gasteiger partial charge in [-0.15, -0.1) is 0 Å². The predicted molar refractivity (Wildman–Crippen MR) is 140 cm³/mol. The lowest BCUT2D eigenvalue weighted by Crippen LogP contribution is -2.66. The zero-order valence-corrected chi connectivity index (χ0v) is 22.1. The van der Waals surface area contributed by atoms with Crippen molar-refractivity contribution in [1.29, 1.82) is 0 Å². The smallest absolute Gasteiger partial charge is 0.261 e. The van der Waals surface area contributed by atoms with Gasteiger partial charge in [-0.05, 0) is 66.9 Å². The molecule has 0 spiro atoms. The SMILES string of the molecule is CC(C)(C)[Si](OCCC(I)=CCOC1CCCCO1)(c1ccccc1)c1ccccc1. The number of benzene rings is 2. The van der Waals surface area contributed by atoms with E-state index in [0.29, 0.717) is 13.2 Å². The summed E-state index contributed by atoms with van der Waals surface area (Å²) in [5, 5.41) is 2.66. The first-order chi connectivity index (χ1) is 14.9. The highest BCUT2D eigenvalue weighted by molar-refractivity contribution is 14.1. The normalized spacial score (nSPS) is 18.2. The Bertz CT molecular complexity index is 772. The molecule has 0 aliphatic carbocycles. The van der Waals surface area contributed by atoms with E-state index in [1.807, 2.05) is 0 Å². The van der Waals surface area contributed by atoms with Gasteiger partial charge in [-0.3, -0.25) is 0 Å². The van der Waals surface area contributed by atoms with E-state index in [1.54, 1.807) is 0 Å². The van der Waals surface area contributed by atoms with Gasteiger partial charge in [0.2, 0.25) is 0 Å². The first-order valence-electron chi connectivity index (χ1n) is 11.3. The fraction of sp³-hybridized carbons (Fsp3) is 0.462. The van der Waals surface area contributed by atoms with Gasteiger partial charge in [-0.25, -0.2) is 0 Å². The Labute approximate surface area is 202 Å². The monoisotopic (exact) mass is 550 g/mol. The molecule has 0 radical (unpaired) electrons. The lowest BCUT2D eigenvalue weighted by molar-refractivity contribution is -0.155. The zero-order valence-electron chi connectivity index (χ0n) is 19.0. The van der Waals surface area contributed by atoms with Crippen LogP contribution in [-0.4, -0.2) is 34.4 Å². The zero-order chi connectivity index (χ0) is 22.2. The lowest BCUT2D eigenvalue weighted by Gasteiger charge is -2.43. The Morgan fingerprint density at radius 1 is 1.03 bits per heavy atom. The third-order valence-electron chi connectivity index (χ3n) is 5.80. The van der Waals surface area contributed by atoms with Crippen molar-refractivity contribution < 1.29 is 13.9 Å². The van der Waals surface area contributed by atoms with E-state index in [4.69, 9.17) is 13.9 Å². The van der Waals surface area contributed by atoms with E-state index in [-0.39, 0.29) is 11.3 Å². The Balaban J connectivity index is 1.71. The summed E-state index contributed by atoms with van der Waals surface area (Å²) >= 11 is 2.41. The molecule has 0 amide bonds. The van der Waals surface area contributed by atoms with Crippen LogP contribution in [0.1, 0.15) is 46.5 Å². The van der Waals surface area contributed by atoms with E-state index in [1.165, 1.54) is 20.4 Å².